The van der Waals surface area contributed by atoms with E-state index >= 15 is 0 Å². The average molecular weight is 280 g/mol. The first-order chi connectivity index (χ1) is 9.47. The molecule has 0 aliphatic carbocycles. The van der Waals surface area contributed by atoms with E-state index in [1.165, 1.54) is 5.56 Å². The summed E-state index contributed by atoms with van der Waals surface area (Å²) in [5.74, 6) is 0.702. The summed E-state index contributed by atoms with van der Waals surface area (Å²) in [5.41, 5.74) is 1.19. The highest BCUT2D eigenvalue weighted by Crippen LogP contribution is 1.98. The van der Waals surface area contributed by atoms with Gasteiger partial charge in [0, 0.05) is 25.8 Å². The molecule has 0 saturated heterocycles. The largest absolute Gasteiger partial charge is 0.355 e. The van der Waals surface area contributed by atoms with Crippen LogP contribution >= 0.6 is 0 Å². The highest BCUT2D eigenvalue weighted by atomic mass is 16.2. The molecule has 0 spiro atoms. The summed E-state index contributed by atoms with van der Waals surface area (Å²) in [6.07, 6.45) is 5.92. The topological polar surface area (TPSA) is 50.2 Å². The van der Waals surface area contributed by atoms with Crippen molar-refractivity contribution in [2.45, 2.75) is 40.2 Å². The van der Waals surface area contributed by atoms with Gasteiger partial charge in [-0.3, -0.25) is 14.4 Å². The van der Waals surface area contributed by atoms with Crippen LogP contribution in [0.1, 0.15) is 32.3 Å². The Hall–Kier alpha value is -1.36. The van der Waals surface area contributed by atoms with Gasteiger partial charge in [0.15, 0.2) is 0 Å². The van der Waals surface area contributed by atoms with Gasteiger partial charge >= 0.3 is 0 Å². The second-order valence-corrected chi connectivity index (χ2v) is 5.93. The van der Waals surface area contributed by atoms with Gasteiger partial charge in [0.05, 0.1) is 12.7 Å². The van der Waals surface area contributed by atoms with E-state index in [2.05, 4.69) is 29.2 Å². The van der Waals surface area contributed by atoms with Crippen molar-refractivity contribution in [2.75, 3.05) is 26.7 Å². The molecule has 20 heavy (non-hydrogen) atoms. The van der Waals surface area contributed by atoms with Crippen LogP contribution < -0.4 is 5.32 Å². The molecule has 114 valence electrons. The van der Waals surface area contributed by atoms with Crippen molar-refractivity contribution in [2.24, 2.45) is 5.92 Å². The Kier molecular flexibility index (Phi) is 7.30. The number of hydrogen-bond donors (Lipinski definition) is 1. The minimum atomic E-state index is 0.114. The molecule has 0 aliphatic rings. The molecule has 1 aromatic heterocycles. The Bertz CT molecular complexity index is 400. The molecule has 5 nitrogen and oxygen atoms in total. The van der Waals surface area contributed by atoms with E-state index in [9.17, 15) is 4.79 Å². The Morgan fingerprint density at radius 1 is 1.45 bits per heavy atom. The predicted molar refractivity (Wildman–Crippen MR) is 81.5 cm³/mol. The lowest BCUT2D eigenvalue weighted by atomic mass is 10.2. The van der Waals surface area contributed by atoms with Crippen LogP contribution in [0.25, 0.3) is 0 Å². The maximum atomic E-state index is 11.7. The number of amides is 1. The molecule has 1 aromatic rings. The van der Waals surface area contributed by atoms with Gasteiger partial charge in [0.2, 0.25) is 5.91 Å². The summed E-state index contributed by atoms with van der Waals surface area (Å²) < 4.78 is 1.95. The first-order valence-corrected chi connectivity index (χ1v) is 7.41. The number of nitrogens with one attached hydrogen (secondary N) is 1. The predicted octanol–water partition coefficient (Wildman–Crippen LogP) is 1.68. The maximum Gasteiger partial charge on any atom is 0.234 e. The zero-order valence-electron chi connectivity index (χ0n) is 13.2. The molecule has 0 atom stereocenters. The summed E-state index contributed by atoms with van der Waals surface area (Å²) in [7, 11) is 1.99. The highest BCUT2D eigenvalue weighted by Gasteiger charge is 2.07. The van der Waals surface area contributed by atoms with Crippen molar-refractivity contribution in [3.63, 3.8) is 0 Å². The third-order valence-electron chi connectivity index (χ3n) is 2.99. The molecule has 1 amide bonds. The third-order valence-corrected chi connectivity index (χ3v) is 2.99. The number of carbonyl (C=O) groups excluding carboxylic acids is 1. The van der Waals surface area contributed by atoms with Gasteiger partial charge in [-0.25, -0.2) is 0 Å². The number of likely N-dealkylation sites (N-methyl/N-ethyl adjacent to an activating group) is 1. The summed E-state index contributed by atoms with van der Waals surface area (Å²) in [4.78, 5) is 13.8. The van der Waals surface area contributed by atoms with Crippen LogP contribution in [0, 0.1) is 12.8 Å². The molecule has 1 heterocycles. The molecular formula is C15H28N4O. The molecule has 0 fully saturated rings. The van der Waals surface area contributed by atoms with Gasteiger partial charge in [-0.2, -0.15) is 5.10 Å². The van der Waals surface area contributed by atoms with E-state index in [4.69, 9.17) is 0 Å². The second-order valence-electron chi connectivity index (χ2n) is 5.93. The van der Waals surface area contributed by atoms with Crippen LogP contribution in [0.3, 0.4) is 0 Å². The van der Waals surface area contributed by atoms with Gasteiger partial charge in [0.25, 0.3) is 0 Å². The SMILES string of the molecule is Cc1cnn(CCCCNC(=O)CN(C)CC(C)C)c1. The van der Waals surface area contributed by atoms with E-state index in [0.29, 0.717) is 12.5 Å². The number of unbranched alkanes of at least 4 members (excludes halogenated alkanes) is 1. The molecule has 1 rings (SSSR count). The molecule has 0 saturated carbocycles. The van der Waals surface area contributed by atoms with Gasteiger partial charge in [-0.1, -0.05) is 13.8 Å². The lowest BCUT2D eigenvalue weighted by Crippen LogP contribution is -2.37. The first kappa shape index (κ1) is 16.7. The van der Waals surface area contributed by atoms with Crippen LogP contribution in [-0.4, -0.2) is 47.3 Å². The van der Waals surface area contributed by atoms with E-state index in [0.717, 1.165) is 32.5 Å². The van der Waals surface area contributed by atoms with E-state index in [1.54, 1.807) is 0 Å². The number of nitrogens with zero attached hydrogens (tertiary/aromatic N) is 3. The van der Waals surface area contributed by atoms with Crippen molar-refractivity contribution in [1.82, 2.24) is 20.0 Å². The average Bonchev–Trinajstić information content (AvgIpc) is 2.73. The van der Waals surface area contributed by atoms with Crippen LogP contribution in [0.5, 0.6) is 0 Å². The first-order valence-electron chi connectivity index (χ1n) is 7.41. The summed E-state index contributed by atoms with van der Waals surface area (Å²) >= 11 is 0. The molecule has 0 radical (unpaired) electrons. The fourth-order valence-electron chi connectivity index (χ4n) is 2.20. The monoisotopic (exact) mass is 280 g/mol. The molecule has 5 heteroatoms. The molecular weight excluding hydrogens is 252 g/mol. The highest BCUT2D eigenvalue weighted by molar-refractivity contribution is 5.77. The molecule has 0 bridgehead atoms. The van der Waals surface area contributed by atoms with Crippen molar-refractivity contribution in [3.8, 4) is 0 Å². The fraction of sp³-hybridized carbons (Fsp3) is 0.733. The molecule has 0 aromatic carbocycles. The molecule has 0 unspecified atom stereocenters. The van der Waals surface area contributed by atoms with Gasteiger partial charge in [-0.15, -0.1) is 0 Å². The van der Waals surface area contributed by atoms with Crippen LogP contribution in [0.2, 0.25) is 0 Å². The second kappa shape index (κ2) is 8.74. The maximum absolute atomic E-state index is 11.7. The van der Waals surface area contributed by atoms with Crippen LogP contribution in [-0.2, 0) is 11.3 Å². The molecule has 0 aliphatic heterocycles. The molecule has 1 N–H and O–H groups in total. The number of carbonyl (C=O) groups is 1. The van der Waals surface area contributed by atoms with E-state index < -0.39 is 0 Å². The van der Waals surface area contributed by atoms with Crippen LogP contribution in [0.4, 0.5) is 0 Å². The van der Waals surface area contributed by atoms with Crippen molar-refractivity contribution in [3.05, 3.63) is 18.0 Å². The van der Waals surface area contributed by atoms with Gasteiger partial charge < -0.3 is 5.32 Å². The van der Waals surface area contributed by atoms with E-state index in [1.807, 2.05) is 31.0 Å². The third kappa shape index (κ3) is 7.28. The van der Waals surface area contributed by atoms with Gasteiger partial charge in [0.1, 0.15) is 0 Å². The lowest BCUT2D eigenvalue weighted by molar-refractivity contribution is -0.122. The van der Waals surface area contributed by atoms with Crippen molar-refractivity contribution < 1.29 is 4.79 Å². The number of aromatic nitrogens is 2. The van der Waals surface area contributed by atoms with Crippen molar-refractivity contribution in [1.29, 1.82) is 0 Å². The fourth-order valence-corrected chi connectivity index (χ4v) is 2.20. The Labute approximate surface area is 122 Å². The Morgan fingerprint density at radius 2 is 2.20 bits per heavy atom. The summed E-state index contributed by atoms with van der Waals surface area (Å²) in [6.45, 7) is 9.45. The quantitative estimate of drug-likeness (QED) is 0.700. The summed E-state index contributed by atoms with van der Waals surface area (Å²) in [6, 6.07) is 0. The Balaban J connectivity index is 2.04. The van der Waals surface area contributed by atoms with Crippen molar-refractivity contribution >= 4 is 5.91 Å². The zero-order valence-corrected chi connectivity index (χ0v) is 13.2. The van der Waals surface area contributed by atoms with Crippen LogP contribution in [0.15, 0.2) is 12.4 Å². The van der Waals surface area contributed by atoms with E-state index in [-0.39, 0.29) is 5.91 Å². The number of rotatable bonds is 9. The lowest BCUT2D eigenvalue weighted by Gasteiger charge is -2.18. The number of hydrogen-bond acceptors (Lipinski definition) is 3. The minimum Gasteiger partial charge on any atom is -0.355 e. The zero-order chi connectivity index (χ0) is 15.0. The summed E-state index contributed by atoms with van der Waals surface area (Å²) in [5, 5.41) is 7.21. The smallest absolute Gasteiger partial charge is 0.234 e. The minimum absolute atomic E-state index is 0.114. The standard InChI is InChI=1S/C15H28N4O/c1-13(2)10-18(4)12-15(20)16-7-5-6-8-19-11-14(3)9-17-19/h9,11,13H,5-8,10,12H2,1-4H3,(H,16,20). The van der Waals surface area contributed by atoms with Gasteiger partial charge in [-0.05, 0) is 38.3 Å². The Morgan fingerprint density at radius 3 is 2.80 bits per heavy atom. The normalized spacial score (nSPS) is 11.3. The number of aryl methyl sites for hydroxylation is 2.